The number of nitrogens with one attached hydrogen (secondary N) is 1. The summed E-state index contributed by atoms with van der Waals surface area (Å²) >= 11 is 1.42. The van der Waals surface area contributed by atoms with E-state index in [2.05, 4.69) is 10.3 Å². The molecule has 0 aliphatic rings. The zero-order chi connectivity index (χ0) is 14.0. The fourth-order valence-electron chi connectivity index (χ4n) is 1.55. The quantitative estimate of drug-likeness (QED) is 0.805. The Kier molecular flexibility index (Phi) is 3.55. The van der Waals surface area contributed by atoms with Gasteiger partial charge in [0.25, 0.3) is 0 Å². The van der Waals surface area contributed by atoms with Crippen molar-refractivity contribution in [2.24, 2.45) is 5.73 Å². The van der Waals surface area contributed by atoms with E-state index in [0.29, 0.717) is 10.7 Å². The van der Waals surface area contributed by atoms with Gasteiger partial charge in [0, 0.05) is 16.6 Å². The Bertz CT molecular complexity index is 585. The first-order chi connectivity index (χ1) is 8.86. The van der Waals surface area contributed by atoms with Gasteiger partial charge in [0.2, 0.25) is 0 Å². The second kappa shape index (κ2) is 4.99. The first-order valence-corrected chi connectivity index (χ1v) is 6.59. The number of nitrogens with zero attached hydrogens (tertiary/aromatic N) is 1. The molecule has 0 saturated heterocycles. The van der Waals surface area contributed by atoms with Gasteiger partial charge in [-0.15, -0.1) is 11.3 Å². The summed E-state index contributed by atoms with van der Waals surface area (Å²) in [5.74, 6) is 0. The molecule has 19 heavy (non-hydrogen) atoms. The molecule has 0 aliphatic carbocycles. The molecule has 2 aromatic rings. The van der Waals surface area contributed by atoms with Crippen LogP contribution >= 0.6 is 11.3 Å². The average Bonchev–Trinajstić information content (AvgIpc) is 2.78. The smallest absolute Gasteiger partial charge is 0.316 e. The number of anilines is 1. The fraction of sp³-hybridized carbons (Fsp3) is 0.231. The van der Waals surface area contributed by atoms with Crippen molar-refractivity contribution in [2.75, 3.05) is 5.32 Å². The van der Waals surface area contributed by atoms with E-state index in [0.717, 1.165) is 11.3 Å². The molecule has 0 unspecified atom stereocenters. The second-order valence-corrected chi connectivity index (χ2v) is 5.52. The predicted molar refractivity (Wildman–Crippen MR) is 76.0 cm³/mol. The zero-order valence-corrected chi connectivity index (χ0v) is 11.5. The van der Waals surface area contributed by atoms with Gasteiger partial charge in [0.05, 0.1) is 5.69 Å². The number of aliphatic hydroxyl groups is 1. The zero-order valence-electron chi connectivity index (χ0n) is 10.7. The van der Waals surface area contributed by atoms with Crippen molar-refractivity contribution in [3.8, 4) is 11.3 Å². The molecule has 0 fully saturated rings. The lowest BCUT2D eigenvalue weighted by Gasteiger charge is -2.12. The van der Waals surface area contributed by atoms with E-state index in [4.69, 9.17) is 5.73 Å². The van der Waals surface area contributed by atoms with Gasteiger partial charge in [0.1, 0.15) is 10.6 Å². The van der Waals surface area contributed by atoms with Crippen LogP contribution in [0.4, 0.5) is 10.5 Å². The maximum absolute atomic E-state index is 10.7. The van der Waals surface area contributed by atoms with E-state index in [1.807, 2.05) is 17.5 Å². The highest BCUT2D eigenvalue weighted by Gasteiger charge is 2.20. The molecule has 6 heteroatoms. The van der Waals surface area contributed by atoms with Crippen molar-refractivity contribution >= 4 is 23.1 Å². The van der Waals surface area contributed by atoms with Crippen molar-refractivity contribution in [3.05, 3.63) is 34.7 Å². The van der Waals surface area contributed by atoms with E-state index in [1.165, 1.54) is 11.3 Å². The van der Waals surface area contributed by atoms with Crippen LogP contribution in [0.15, 0.2) is 29.6 Å². The van der Waals surface area contributed by atoms with Crippen LogP contribution in [0.3, 0.4) is 0 Å². The van der Waals surface area contributed by atoms with E-state index in [1.54, 1.807) is 26.0 Å². The normalized spacial score (nSPS) is 11.3. The van der Waals surface area contributed by atoms with Gasteiger partial charge in [-0.05, 0) is 26.0 Å². The number of primary amides is 1. The van der Waals surface area contributed by atoms with Crippen molar-refractivity contribution in [1.29, 1.82) is 0 Å². The number of benzene rings is 1. The van der Waals surface area contributed by atoms with Gasteiger partial charge in [-0.3, -0.25) is 0 Å². The Morgan fingerprint density at radius 2 is 2.00 bits per heavy atom. The summed E-state index contributed by atoms with van der Waals surface area (Å²) in [6, 6.07) is 6.60. The molecule has 5 nitrogen and oxygen atoms in total. The van der Waals surface area contributed by atoms with E-state index >= 15 is 0 Å². The lowest BCUT2D eigenvalue weighted by molar-refractivity contribution is 0.0783. The van der Waals surface area contributed by atoms with Crippen LogP contribution in [0.5, 0.6) is 0 Å². The summed E-state index contributed by atoms with van der Waals surface area (Å²) < 4.78 is 0. The molecule has 1 heterocycles. The molecule has 0 aliphatic heterocycles. The molecule has 4 N–H and O–H groups in total. The largest absolute Gasteiger partial charge is 0.383 e. The third kappa shape index (κ3) is 3.30. The molecule has 0 bridgehead atoms. The lowest BCUT2D eigenvalue weighted by Crippen LogP contribution is -2.19. The predicted octanol–water partition coefficient (Wildman–Crippen LogP) is 2.53. The standard InChI is InChI=1S/C13H15N3O2S/c1-13(2,18)11-16-10(7-19-11)8-3-5-9(6-4-8)15-12(14)17/h3-7,18H,1-2H3,(H3,14,15,17). The van der Waals surface area contributed by atoms with E-state index < -0.39 is 11.6 Å². The Morgan fingerprint density at radius 3 is 2.47 bits per heavy atom. The van der Waals surface area contributed by atoms with Crippen LogP contribution in [-0.2, 0) is 5.60 Å². The summed E-state index contributed by atoms with van der Waals surface area (Å²) in [6.07, 6.45) is 0. The van der Waals surface area contributed by atoms with Gasteiger partial charge in [-0.1, -0.05) is 12.1 Å². The first-order valence-electron chi connectivity index (χ1n) is 5.71. The summed E-state index contributed by atoms with van der Waals surface area (Å²) in [5.41, 5.74) is 6.45. The van der Waals surface area contributed by atoms with E-state index in [9.17, 15) is 9.90 Å². The van der Waals surface area contributed by atoms with E-state index in [-0.39, 0.29) is 0 Å². The van der Waals surface area contributed by atoms with Crippen LogP contribution in [0.25, 0.3) is 11.3 Å². The van der Waals surface area contributed by atoms with Crippen molar-refractivity contribution in [2.45, 2.75) is 19.4 Å². The molecular formula is C13H15N3O2S. The molecule has 0 radical (unpaired) electrons. The molecule has 1 aromatic carbocycles. The number of rotatable bonds is 3. The van der Waals surface area contributed by atoms with Gasteiger partial charge >= 0.3 is 6.03 Å². The molecule has 2 amide bonds. The summed E-state index contributed by atoms with van der Waals surface area (Å²) in [5, 5.41) is 14.9. The van der Waals surface area contributed by atoms with Crippen LogP contribution in [0, 0.1) is 0 Å². The molecule has 0 atom stereocenters. The number of urea groups is 1. The van der Waals surface area contributed by atoms with Gasteiger partial charge in [-0.25, -0.2) is 9.78 Å². The van der Waals surface area contributed by atoms with Crippen molar-refractivity contribution < 1.29 is 9.90 Å². The van der Waals surface area contributed by atoms with Crippen LogP contribution in [0.2, 0.25) is 0 Å². The average molecular weight is 277 g/mol. The van der Waals surface area contributed by atoms with Crippen molar-refractivity contribution in [1.82, 2.24) is 4.98 Å². The maximum Gasteiger partial charge on any atom is 0.316 e. The highest BCUT2D eigenvalue weighted by atomic mass is 32.1. The number of carbonyl (C=O) groups excluding carboxylic acids is 1. The Labute approximate surface area is 115 Å². The van der Waals surface area contributed by atoms with Crippen LogP contribution in [0.1, 0.15) is 18.9 Å². The van der Waals surface area contributed by atoms with Crippen LogP contribution < -0.4 is 11.1 Å². The molecule has 100 valence electrons. The number of hydrogen-bond donors (Lipinski definition) is 3. The van der Waals surface area contributed by atoms with Gasteiger partial charge in [0.15, 0.2) is 0 Å². The molecule has 0 spiro atoms. The summed E-state index contributed by atoms with van der Waals surface area (Å²) in [6.45, 7) is 3.41. The van der Waals surface area contributed by atoms with Gasteiger partial charge < -0.3 is 16.2 Å². The Hall–Kier alpha value is -1.92. The highest BCUT2D eigenvalue weighted by Crippen LogP contribution is 2.29. The lowest BCUT2D eigenvalue weighted by atomic mass is 10.1. The molecule has 0 saturated carbocycles. The second-order valence-electron chi connectivity index (χ2n) is 4.66. The number of aromatic nitrogens is 1. The summed E-state index contributed by atoms with van der Waals surface area (Å²) in [7, 11) is 0. The van der Waals surface area contributed by atoms with Gasteiger partial charge in [-0.2, -0.15) is 0 Å². The summed E-state index contributed by atoms with van der Waals surface area (Å²) in [4.78, 5) is 15.1. The molecule has 2 rings (SSSR count). The topological polar surface area (TPSA) is 88.2 Å². The number of thiazole rings is 1. The number of amides is 2. The molecule has 1 aromatic heterocycles. The third-order valence-electron chi connectivity index (χ3n) is 2.48. The third-order valence-corrected chi connectivity index (χ3v) is 3.63. The Balaban J connectivity index is 2.23. The number of carbonyl (C=O) groups is 1. The van der Waals surface area contributed by atoms with Crippen LogP contribution in [-0.4, -0.2) is 16.1 Å². The minimum absolute atomic E-state index is 0.592. The minimum Gasteiger partial charge on any atom is -0.383 e. The minimum atomic E-state index is -0.934. The highest BCUT2D eigenvalue weighted by molar-refractivity contribution is 7.10. The number of nitrogens with two attached hydrogens (primary N) is 1. The SMILES string of the molecule is CC(C)(O)c1nc(-c2ccc(NC(N)=O)cc2)cs1. The Morgan fingerprint density at radius 1 is 1.37 bits per heavy atom. The van der Waals surface area contributed by atoms with Crippen molar-refractivity contribution in [3.63, 3.8) is 0 Å². The maximum atomic E-state index is 10.7. The number of hydrogen-bond acceptors (Lipinski definition) is 4. The molecular weight excluding hydrogens is 262 g/mol. The monoisotopic (exact) mass is 277 g/mol. The first kappa shape index (κ1) is 13.5. The fourth-order valence-corrected chi connectivity index (χ4v) is 2.41.